The molecule has 0 bridgehead atoms. The van der Waals surface area contributed by atoms with Crippen molar-refractivity contribution in [2.75, 3.05) is 6.54 Å². The molecule has 1 aliphatic heterocycles. The van der Waals surface area contributed by atoms with Crippen LogP contribution in [0.1, 0.15) is 71.0 Å². The molecule has 1 atom stereocenters. The normalized spacial score (nSPS) is 17.6. The van der Waals surface area contributed by atoms with Gasteiger partial charge in [0.2, 0.25) is 0 Å². The van der Waals surface area contributed by atoms with Gasteiger partial charge in [-0.05, 0) is 49.9 Å². The number of benzene rings is 1. The van der Waals surface area contributed by atoms with Crippen LogP contribution in [0.5, 0.6) is 5.75 Å². The molecule has 0 amide bonds. The van der Waals surface area contributed by atoms with Crippen LogP contribution in [-0.4, -0.2) is 12.1 Å². The Morgan fingerprint density at radius 3 is 2.52 bits per heavy atom. The maximum absolute atomic E-state index is 6.00. The van der Waals surface area contributed by atoms with E-state index in [4.69, 9.17) is 4.74 Å². The van der Waals surface area contributed by atoms with Gasteiger partial charge in [-0.1, -0.05) is 45.7 Å². The molecular weight excluding hydrogens is 258 g/mol. The summed E-state index contributed by atoms with van der Waals surface area (Å²) in [5.74, 6) is 1.77. The number of ether oxygens (including phenoxy) is 1. The first-order chi connectivity index (χ1) is 10.0. The van der Waals surface area contributed by atoms with Crippen molar-refractivity contribution in [3.05, 3.63) is 29.3 Å². The summed E-state index contributed by atoms with van der Waals surface area (Å²) in [6.07, 6.45) is 4.63. The lowest BCUT2D eigenvalue weighted by Crippen LogP contribution is -2.28. The zero-order chi connectivity index (χ0) is 15.5. The maximum atomic E-state index is 6.00. The second-order valence-corrected chi connectivity index (χ2v) is 6.91. The molecule has 2 nitrogen and oxygen atoms in total. The minimum atomic E-state index is -0.0534. The van der Waals surface area contributed by atoms with Crippen molar-refractivity contribution in [3.8, 4) is 5.75 Å². The molecule has 0 spiro atoms. The molecule has 1 aliphatic rings. The molecule has 0 saturated heterocycles. The standard InChI is InChI=1S/C19H31NO/c1-6-11-20-18(14(7-2)8-3)15-9-10-17-16(12-15)13-19(4,5)21-17/h9-10,12,14,18,20H,6-8,11,13H2,1-5H3. The summed E-state index contributed by atoms with van der Waals surface area (Å²) < 4.78 is 6.00. The molecular formula is C19H31NO. The molecule has 0 aliphatic carbocycles. The van der Waals surface area contributed by atoms with Gasteiger partial charge in [-0.15, -0.1) is 0 Å². The highest BCUT2D eigenvalue weighted by Crippen LogP contribution is 2.37. The number of hydrogen-bond acceptors (Lipinski definition) is 2. The first-order valence-electron chi connectivity index (χ1n) is 8.56. The van der Waals surface area contributed by atoms with Gasteiger partial charge in [0.05, 0.1) is 0 Å². The van der Waals surface area contributed by atoms with Crippen molar-refractivity contribution < 1.29 is 4.74 Å². The van der Waals surface area contributed by atoms with E-state index in [1.165, 1.54) is 30.4 Å². The average Bonchev–Trinajstić information content (AvgIpc) is 2.76. The molecule has 1 N–H and O–H groups in total. The second kappa shape index (κ2) is 6.83. The largest absolute Gasteiger partial charge is 0.487 e. The molecule has 118 valence electrons. The minimum Gasteiger partial charge on any atom is -0.487 e. The van der Waals surface area contributed by atoms with E-state index in [2.05, 4.69) is 58.1 Å². The lowest BCUT2D eigenvalue weighted by molar-refractivity contribution is 0.138. The summed E-state index contributed by atoms with van der Waals surface area (Å²) >= 11 is 0. The van der Waals surface area contributed by atoms with Crippen LogP contribution >= 0.6 is 0 Å². The van der Waals surface area contributed by atoms with Gasteiger partial charge in [0, 0.05) is 12.5 Å². The maximum Gasteiger partial charge on any atom is 0.123 e. The fourth-order valence-corrected chi connectivity index (χ4v) is 3.44. The molecule has 0 fully saturated rings. The van der Waals surface area contributed by atoms with E-state index in [0.29, 0.717) is 12.0 Å². The zero-order valence-corrected chi connectivity index (χ0v) is 14.3. The van der Waals surface area contributed by atoms with Crippen LogP contribution in [0, 0.1) is 5.92 Å². The van der Waals surface area contributed by atoms with E-state index < -0.39 is 0 Å². The zero-order valence-electron chi connectivity index (χ0n) is 14.3. The highest BCUT2D eigenvalue weighted by molar-refractivity contribution is 5.42. The van der Waals surface area contributed by atoms with Crippen LogP contribution in [0.2, 0.25) is 0 Å². The first-order valence-corrected chi connectivity index (χ1v) is 8.56. The van der Waals surface area contributed by atoms with Gasteiger partial charge in [0.25, 0.3) is 0 Å². The SMILES string of the molecule is CCCNC(c1ccc2c(c1)CC(C)(C)O2)C(CC)CC. The minimum absolute atomic E-state index is 0.0534. The van der Waals surface area contributed by atoms with Crippen LogP contribution in [0.4, 0.5) is 0 Å². The van der Waals surface area contributed by atoms with Gasteiger partial charge in [-0.3, -0.25) is 0 Å². The molecule has 0 saturated carbocycles. The van der Waals surface area contributed by atoms with Crippen LogP contribution in [0.25, 0.3) is 0 Å². The Morgan fingerprint density at radius 2 is 1.90 bits per heavy atom. The summed E-state index contributed by atoms with van der Waals surface area (Å²) in [5.41, 5.74) is 2.74. The lowest BCUT2D eigenvalue weighted by atomic mass is 9.87. The van der Waals surface area contributed by atoms with Gasteiger partial charge < -0.3 is 10.1 Å². The molecule has 0 aromatic heterocycles. The molecule has 2 heteroatoms. The summed E-state index contributed by atoms with van der Waals surface area (Å²) in [5, 5.41) is 3.76. The number of nitrogens with one attached hydrogen (secondary N) is 1. The van der Waals surface area contributed by atoms with E-state index in [9.17, 15) is 0 Å². The fraction of sp³-hybridized carbons (Fsp3) is 0.684. The van der Waals surface area contributed by atoms with Crippen molar-refractivity contribution in [1.29, 1.82) is 0 Å². The van der Waals surface area contributed by atoms with Gasteiger partial charge in [0.15, 0.2) is 0 Å². The lowest BCUT2D eigenvalue weighted by Gasteiger charge is -2.27. The number of rotatable bonds is 7. The van der Waals surface area contributed by atoms with E-state index in [1.807, 2.05) is 0 Å². The average molecular weight is 289 g/mol. The summed E-state index contributed by atoms with van der Waals surface area (Å²) in [6, 6.07) is 7.26. The Balaban J connectivity index is 2.25. The third kappa shape index (κ3) is 3.79. The summed E-state index contributed by atoms with van der Waals surface area (Å²) in [7, 11) is 0. The molecule has 1 aromatic rings. The van der Waals surface area contributed by atoms with Crippen LogP contribution in [-0.2, 0) is 6.42 Å². The van der Waals surface area contributed by atoms with Crippen LogP contribution in [0.15, 0.2) is 18.2 Å². The molecule has 0 radical (unpaired) electrons. The van der Waals surface area contributed by atoms with Crippen molar-refractivity contribution in [2.45, 2.75) is 71.9 Å². The third-order valence-corrected chi connectivity index (χ3v) is 4.58. The van der Waals surface area contributed by atoms with Crippen LogP contribution in [0.3, 0.4) is 0 Å². The van der Waals surface area contributed by atoms with Gasteiger partial charge >= 0.3 is 0 Å². The van der Waals surface area contributed by atoms with Gasteiger partial charge in [0.1, 0.15) is 11.4 Å². The Morgan fingerprint density at radius 1 is 1.19 bits per heavy atom. The highest BCUT2D eigenvalue weighted by Gasteiger charge is 2.31. The summed E-state index contributed by atoms with van der Waals surface area (Å²) in [4.78, 5) is 0. The van der Waals surface area contributed by atoms with Gasteiger partial charge in [-0.25, -0.2) is 0 Å². The molecule has 2 rings (SSSR count). The van der Waals surface area contributed by atoms with E-state index >= 15 is 0 Å². The molecule has 1 heterocycles. The molecule has 1 aromatic carbocycles. The van der Waals surface area contributed by atoms with Crippen molar-refractivity contribution >= 4 is 0 Å². The van der Waals surface area contributed by atoms with E-state index in [-0.39, 0.29) is 5.60 Å². The Kier molecular flexibility index (Phi) is 5.32. The quantitative estimate of drug-likeness (QED) is 0.772. The topological polar surface area (TPSA) is 21.3 Å². The highest BCUT2D eigenvalue weighted by atomic mass is 16.5. The van der Waals surface area contributed by atoms with Gasteiger partial charge in [-0.2, -0.15) is 0 Å². The number of hydrogen-bond donors (Lipinski definition) is 1. The predicted octanol–water partition coefficient (Wildman–Crippen LogP) is 4.88. The van der Waals surface area contributed by atoms with Crippen molar-refractivity contribution in [1.82, 2.24) is 5.32 Å². The summed E-state index contributed by atoms with van der Waals surface area (Å²) in [6.45, 7) is 12.2. The van der Waals surface area contributed by atoms with E-state index in [1.54, 1.807) is 0 Å². The Hall–Kier alpha value is -1.02. The number of fused-ring (bicyclic) bond motifs is 1. The van der Waals surface area contributed by atoms with Crippen LogP contribution < -0.4 is 10.1 Å². The van der Waals surface area contributed by atoms with Crippen molar-refractivity contribution in [3.63, 3.8) is 0 Å². The predicted molar refractivity (Wildman–Crippen MR) is 90.0 cm³/mol. The first kappa shape index (κ1) is 16.4. The van der Waals surface area contributed by atoms with E-state index in [0.717, 1.165) is 18.7 Å². The third-order valence-electron chi connectivity index (χ3n) is 4.58. The second-order valence-electron chi connectivity index (χ2n) is 6.91. The smallest absolute Gasteiger partial charge is 0.123 e. The molecule has 1 unspecified atom stereocenters. The fourth-order valence-electron chi connectivity index (χ4n) is 3.44. The Labute approximate surface area is 130 Å². The molecule has 21 heavy (non-hydrogen) atoms. The van der Waals surface area contributed by atoms with Crippen molar-refractivity contribution in [2.24, 2.45) is 5.92 Å². The Bertz CT molecular complexity index is 463. The monoisotopic (exact) mass is 289 g/mol.